The third kappa shape index (κ3) is 2.05. The van der Waals surface area contributed by atoms with Crippen molar-refractivity contribution < 1.29 is 19.2 Å². The van der Waals surface area contributed by atoms with Gasteiger partial charge < -0.3 is 19.2 Å². The summed E-state index contributed by atoms with van der Waals surface area (Å²) in [5.74, 6) is 1.22. The SMILES string of the molecule is COc1cc2c(cc1OC)C(c1ccccc1)OB2O. The van der Waals surface area contributed by atoms with Crippen LogP contribution in [0.15, 0.2) is 42.5 Å². The monoisotopic (exact) mass is 270 g/mol. The highest BCUT2D eigenvalue weighted by molar-refractivity contribution is 6.62. The molecule has 0 aliphatic carbocycles. The summed E-state index contributed by atoms with van der Waals surface area (Å²) in [6.07, 6.45) is -0.291. The molecule has 0 spiro atoms. The normalized spacial score (nSPS) is 16.9. The van der Waals surface area contributed by atoms with Crippen molar-refractivity contribution in [3.8, 4) is 11.5 Å². The van der Waals surface area contributed by atoms with Crippen LogP contribution >= 0.6 is 0 Å². The highest BCUT2D eigenvalue weighted by atomic mass is 16.5. The van der Waals surface area contributed by atoms with Crippen molar-refractivity contribution in [2.24, 2.45) is 0 Å². The minimum Gasteiger partial charge on any atom is -0.493 e. The average Bonchev–Trinajstić information content (AvgIpc) is 2.83. The summed E-state index contributed by atoms with van der Waals surface area (Å²) in [6, 6.07) is 13.4. The molecule has 1 unspecified atom stereocenters. The van der Waals surface area contributed by atoms with Gasteiger partial charge in [-0.1, -0.05) is 30.3 Å². The first kappa shape index (κ1) is 13.0. The molecule has 102 valence electrons. The summed E-state index contributed by atoms with van der Waals surface area (Å²) in [6.45, 7) is 0. The lowest BCUT2D eigenvalue weighted by atomic mass is 9.78. The Morgan fingerprint density at radius 1 is 1.05 bits per heavy atom. The van der Waals surface area contributed by atoms with Crippen LogP contribution in [0, 0.1) is 0 Å². The number of hydrogen-bond donors (Lipinski definition) is 1. The van der Waals surface area contributed by atoms with Crippen molar-refractivity contribution in [2.45, 2.75) is 6.10 Å². The fourth-order valence-corrected chi connectivity index (χ4v) is 2.51. The molecule has 0 amide bonds. The molecule has 1 heterocycles. The Labute approximate surface area is 118 Å². The quantitative estimate of drug-likeness (QED) is 0.859. The maximum atomic E-state index is 10.1. The Hall–Kier alpha value is -1.98. The number of methoxy groups -OCH3 is 2. The zero-order valence-corrected chi connectivity index (χ0v) is 11.4. The van der Waals surface area contributed by atoms with Gasteiger partial charge in [0.25, 0.3) is 0 Å². The summed E-state index contributed by atoms with van der Waals surface area (Å²) in [5.41, 5.74) is 2.62. The van der Waals surface area contributed by atoms with Gasteiger partial charge in [-0.3, -0.25) is 0 Å². The van der Waals surface area contributed by atoms with Crippen LogP contribution in [0.5, 0.6) is 11.5 Å². The topological polar surface area (TPSA) is 47.9 Å². The largest absolute Gasteiger partial charge is 0.493 e. The van der Waals surface area contributed by atoms with E-state index >= 15 is 0 Å². The van der Waals surface area contributed by atoms with E-state index in [2.05, 4.69) is 0 Å². The molecule has 1 aliphatic rings. The van der Waals surface area contributed by atoms with Crippen LogP contribution < -0.4 is 14.9 Å². The van der Waals surface area contributed by atoms with Crippen LogP contribution in [0.25, 0.3) is 0 Å². The molecule has 0 fully saturated rings. The summed E-state index contributed by atoms with van der Waals surface area (Å²) in [5, 5.41) is 10.1. The van der Waals surface area contributed by atoms with E-state index in [4.69, 9.17) is 14.1 Å². The number of benzene rings is 2. The van der Waals surface area contributed by atoms with Gasteiger partial charge in [0.2, 0.25) is 0 Å². The Kier molecular flexibility index (Phi) is 3.38. The van der Waals surface area contributed by atoms with Gasteiger partial charge in [0.05, 0.1) is 20.3 Å². The highest BCUT2D eigenvalue weighted by Gasteiger charge is 2.37. The summed E-state index contributed by atoms with van der Waals surface area (Å²) < 4.78 is 16.2. The molecule has 0 bridgehead atoms. The molecule has 1 aliphatic heterocycles. The van der Waals surface area contributed by atoms with Crippen molar-refractivity contribution in [3.05, 3.63) is 53.6 Å². The first-order chi connectivity index (χ1) is 9.74. The summed E-state index contributed by atoms with van der Waals surface area (Å²) >= 11 is 0. The van der Waals surface area contributed by atoms with E-state index in [1.807, 2.05) is 36.4 Å². The van der Waals surface area contributed by atoms with E-state index in [1.165, 1.54) is 0 Å². The molecule has 1 N–H and O–H groups in total. The summed E-state index contributed by atoms with van der Waals surface area (Å²) in [7, 11) is 2.21. The van der Waals surface area contributed by atoms with Gasteiger partial charge in [0.15, 0.2) is 11.5 Å². The molecule has 2 aromatic carbocycles. The Bertz CT molecular complexity index is 615. The minimum atomic E-state index is -0.949. The first-order valence-electron chi connectivity index (χ1n) is 6.39. The van der Waals surface area contributed by atoms with Gasteiger partial charge in [-0.25, -0.2) is 0 Å². The second kappa shape index (κ2) is 5.19. The molecule has 2 aromatic rings. The van der Waals surface area contributed by atoms with Crippen LogP contribution in [0.1, 0.15) is 17.2 Å². The molecule has 0 saturated carbocycles. The minimum absolute atomic E-state index is 0.291. The fourth-order valence-electron chi connectivity index (χ4n) is 2.51. The number of hydrogen-bond acceptors (Lipinski definition) is 4. The molecule has 5 heteroatoms. The average molecular weight is 270 g/mol. The van der Waals surface area contributed by atoms with Gasteiger partial charge in [0, 0.05) is 0 Å². The standard InChI is InChI=1S/C15H15BO4/c1-18-13-8-11-12(9-14(13)19-2)16(17)20-15(11)10-6-4-3-5-7-10/h3-9,15,17H,1-2H3. The first-order valence-corrected chi connectivity index (χ1v) is 6.39. The van der Waals surface area contributed by atoms with Crippen molar-refractivity contribution in [1.82, 2.24) is 0 Å². The van der Waals surface area contributed by atoms with Crippen LogP contribution in [0.2, 0.25) is 0 Å². The Morgan fingerprint density at radius 2 is 1.70 bits per heavy atom. The lowest BCUT2D eigenvalue weighted by Gasteiger charge is -2.14. The molecule has 20 heavy (non-hydrogen) atoms. The summed E-state index contributed by atoms with van der Waals surface area (Å²) in [4.78, 5) is 0. The zero-order valence-electron chi connectivity index (χ0n) is 11.4. The maximum absolute atomic E-state index is 10.1. The van der Waals surface area contributed by atoms with Crippen molar-refractivity contribution in [3.63, 3.8) is 0 Å². The van der Waals surface area contributed by atoms with Crippen molar-refractivity contribution >= 4 is 12.6 Å². The van der Waals surface area contributed by atoms with Gasteiger partial charge in [-0.15, -0.1) is 0 Å². The molecule has 0 radical (unpaired) electrons. The molecule has 4 nitrogen and oxygen atoms in total. The lowest BCUT2D eigenvalue weighted by Crippen LogP contribution is -2.28. The number of ether oxygens (including phenoxy) is 2. The maximum Gasteiger partial charge on any atom is 0.492 e. The van der Waals surface area contributed by atoms with E-state index in [0.29, 0.717) is 11.5 Å². The second-order valence-corrected chi connectivity index (χ2v) is 4.62. The molecular weight excluding hydrogens is 255 g/mol. The zero-order chi connectivity index (χ0) is 14.1. The van der Waals surface area contributed by atoms with E-state index < -0.39 is 7.12 Å². The fraction of sp³-hybridized carbons (Fsp3) is 0.200. The Balaban J connectivity index is 2.10. The predicted octanol–water partition coefficient (Wildman–Crippen LogP) is 1.51. The van der Waals surface area contributed by atoms with E-state index in [0.717, 1.165) is 16.6 Å². The van der Waals surface area contributed by atoms with E-state index in [-0.39, 0.29) is 6.10 Å². The second-order valence-electron chi connectivity index (χ2n) is 4.62. The van der Waals surface area contributed by atoms with Crippen molar-refractivity contribution in [1.29, 1.82) is 0 Å². The molecule has 3 rings (SSSR count). The Morgan fingerprint density at radius 3 is 2.35 bits per heavy atom. The lowest BCUT2D eigenvalue weighted by molar-refractivity contribution is 0.226. The number of rotatable bonds is 3. The van der Waals surface area contributed by atoms with Crippen LogP contribution in [0.4, 0.5) is 0 Å². The molecule has 1 atom stereocenters. The van der Waals surface area contributed by atoms with E-state index in [9.17, 15) is 5.02 Å². The van der Waals surface area contributed by atoms with Gasteiger partial charge in [-0.05, 0) is 28.7 Å². The van der Waals surface area contributed by atoms with Crippen LogP contribution in [-0.2, 0) is 4.65 Å². The van der Waals surface area contributed by atoms with Gasteiger partial charge in [0.1, 0.15) is 0 Å². The van der Waals surface area contributed by atoms with Gasteiger partial charge in [-0.2, -0.15) is 0 Å². The van der Waals surface area contributed by atoms with Crippen LogP contribution in [-0.4, -0.2) is 26.4 Å². The van der Waals surface area contributed by atoms with Crippen LogP contribution in [0.3, 0.4) is 0 Å². The van der Waals surface area contributed by atoms with E-state index in [1.54, 1.807) is 20.3 Å². The number of fused-ring (bicyclic) bond motifs is 1. The molecular formula is C15H15BO4. The third-order valence-electron chi connectivity index (χ3n) is 3.51. The third-order valence-corrected chi connectivity index (χ3v) is 3.51. The highest BCUT2D eigenvalue weighted by Crippen LogP contribution is 2.36. The predicted molar refractivity (Wildman–Crippen MR) is 76.5 cm³/mol. The molecule has 0 aromatic heterocycles. The smallest absolute Gasteiger partial charge is 0.492 e. The van der Waals surface area contributed by atoms with Crippen molar-refractivity contribution in [2.75, 3.05) is 14.2 Å². The molecule has 0 saturated heterocycles. The van der Waals surface area contributed by atoms with Gasteiger partial charge >= 0.3 is 7.12 Å².